The summed E-state index contributed by atoms with van der Waals surface area (Å²) in [6, 6.07) is 20.6. The molecule has 0 N–H and O–H groups in total. The van der Waals surface area contributed by atoms with Crippen molar-refractivity contribution in [3.8, 4) is 11.5 Å². The van der Waals surface area contributed by atoms with Crippen LogP contribution in [-0.2, 0) is 16.8 Å². The third-order valence-corrected chi connectivity index (χ3v) is 4.99. The molecule has 146 valence electrons. The van der Waals surface area contributed by atoms with Crippen LogP contribution in [0.25, 0.3) is 0 Å². The van der Waals surface area contributed by atoms with Gasteiger partial charge in [0.05, 0.1) is 13.2 Å². The van der Waals surface area contributed by atoms with Crippen LogP contribution in [0.4, 0.5) is 4.39 Å². The summed E-state index contributed by atoms with van der Waals surface area (Å²) < 4.78 is 25.7. The van der Waals surface area contributed by atoms with E-state index in [0.717, 1.165) is 5.56 Å². The fourth-order valence-corrected chi connectivity index (χ4v) is 3.00. The lowest BCUT2D eigenvalue weighted by Gasteiger charge is -2.26. The zero-order chi connectivity index (χ0) is 20.1. The minimum atomic E-state index is -0.386. The second kappa shape index (κ2) is 8.57. The average Bonchev–Trinajstić information content (AvgIpc) is 2.67. The highest BCUT2D eigenvalue weighted by atomic mass is 19.1. The maximum atomic E-state index is 14.1. The van der Waals surface area contributed by atoms with Crippen molar-refractivity contribution in [3.63, 3.8) is 0 Å². The standard InChI is InChI=1S/C25H27FO2/c1-18-10-12-21(14-19(18)2)25(3,4)17-27-16-20-11-13-23(26)24(15-20)28-22-8-6-5-7-9-22/h5-15H,16-17H2,1-4H3. The van der Waals surface area contributed by atoms with Gasteiger partial charge < -0.3 is 9.47 Å². The maximum Gasteiger partial charge on any atom is 0.165 e. The minimum absolute atomic E-state index is 0.109. The molecule has 0 aliphatic rings. The van der Waals surface area contributed by atoms with Crippen molar-refractivity contribution in [2.24, 2.45) is 0 Å². The van der Waals surface area contributed by atoms with Gasteiger partial charge in [0.1, 0.15) is 5.75 Å². The van der Waals surface area contributed by atoms with Crippen LogP contribution in [0.2, 0.25) is 0 Å². The molecule has 0 fully saturated rings. The first-order valence-corrected chi connectivity index (χ1v) is 9.52. The highest BCUT2D eigenvalue weighted by molar-refractivity contribution is 5.36. The van der Waals surface area contributed by atoms with E-state index >= 15 is 0 Å². The molecular formula is C25H27FO2. The third-order valence-electron chi connectivity index (χ3n) is 4.99. The second-order valence-electron chi connectivity index (χ2n) is 7.86. The van der Waals surface area contributed by atoms with Crippen LogP contribution in [0, 0.1) is 19.7 Å². The van der Waals surface area contributed by atoms with Crippen molar-refractivity contribution >= 4 is 0 Å². The lowest BCUT2D eigenvalue weighted by Crippen LogP contribution is -2.24. The van der Waals surface area contributed by atoms with E-state index in [1.165, 1.54) is 22.8 Å². The predicted molar refractivity (Wildman–Crippen MR) is 112 cm³/mol. The molecule has 0 radical (unpaired) electrons. The van der Waals surface area contributed by atoms with E-state index in [1.54, 1.807) is 24.3 Å². The normalized spacial score (nSPS) is 11.5. The number of ether oxygens (including phenoxy) is 2. The number of benzene rings is 3. The molecule has 0 aliphatic heterocycles. The van der Waals surface area contributed by atoms with Gasteiger partial charge in [-0.25, -0.2) is 4.39 Å². The summed E-state index contributed by atoms with van der Waals surface area (Å²) in [7, 11) is 0. The van der Waals surface area contributed by atoms with Gasteiger partial charge in [-0.1, -0.05) is 56.3 Å². The predicted octanol–water partition coefficient (Wildman–Crippen LogP) is 6.73. The summed E-state index contributed by atoms with van der Waals surface area (Å²) in [5, 5.41) is 0. The van der Waals surface area contributed by atoms with Crippen molar-refractivity contribution in [1.82, 2.24) is 0 Å². The van der Waals surface area contributed by atoms with E-state index in [4.69, 9.17) is 9.47 Å². The van der Waals surface area contributed by atoms with Gasteiger partial charge in [-0.2, -0.15) is 0 Å². The van der Waals surface area contributed by atoms with Gasteiger partial charge in [-0.05, 0) is 60.4 Å². The van der Waals surface area contributed by atoms with Gasteiger partial charge in [-0.3, -0.25) is 0 Å². The van der Waals surface area contributed by atoms with E-state index in [2.05, 4.69) is 45.9 Å². The zero-order valence-electron chi connectivity index (χ0n) is 17.0. The molecule has 3 aromatic carbocycles. The highest BCUT2D eigenvalue weighted by Crippen LogP contribution is 2.28. The molecule has 0 atom stereocenters. The topological polar surface area (TPSA) is 18.5 Å². The fourth-order valence-electron chi connectivity index (χ4n) is 3.00. The molecule has 0 saturated heterocycles. The maximum absolute atomic E-state index is 14.1. The van der Waals surface area contributed by atoms with Crippen molar-refractivity contribution < 1.29 is 13.9 Å². The molecule has 3 aromatic rings. The summed E-state index contributed by atoms with van der Waals surface area (Å²) in [6.07, 6.45) is 0. The molecule has 0 saturated carbocycles. The summed E-state index contributed by atoms with van der Waals surface area (Å²) in [6.45, 7) is 9.56. The molecule has 0 bridgehead atoms. The van der Waals surface area contributed by atoms with Crippen LogP contribution in [0.3, 0.4) is 0 Å². The molecule has 0 amide bonds. The highest BCUT2D eigenvalue weighted by Gasteiger charge is 2.21. The lowest BCUT2D eigenvalue weighted by atomic mass is 9.84. The van der Waals surface area contributed by atoms with E-state index in [-0.39, 0.29) is 17.0 Å². The molecule has 0 aromatic heterocycles. The Morgan fingerprint density at radius 3 is 2.32 bits per heavy atom. The van der Waals surface area contributed by atoms with Gasteiger partial charge >= 0.3 is 0 Å². The fraction of sp³-hybridized carbons (Fsp3) is 0.280. The number of hydrogen-bond acceptors (Lipinski definition) is 2. The molecule has 2 nitrogen and oxygen atoms in total. The van der Waals surface area contributed by atoms with Crippen LogP contribution >= 0.6 is 0 Å². The Bertz CT molecular complexity index is 933. The number of para-hydroxylation sites is 1. The molecule has 3 rings (SSSR count). The van der Waals surface area contributed by atoms with Crippen LogP contribution < -0.4 is 4.74 Å². The van der Waals surface area contributed by atoms with E-state index in [1.807, 2.05) is 18.2 Å². The smallest absolute Gasteiger partial charge is 0.165 e. The Hall–Kier alpha value is -2.65. The van der Waals surface area contributed by atoms with Crippen LogP contribution in [-0.4, -0.2) is 6.61 Å². The van der Waals surface area contributed by atoms with Crippen LogP contribution in [0.1, 0.15) is 36.1 Å². The first kappa shape index (κ1) is 20.1. The Labute approximate surface area is 166 Å². The molecule has 3 heteroatoms. The Balaban J connectivity index is 1.64. The third kappa shape index (κ3) is 4.99. The largest absolute Gasteiger partial charge is 0.454 e. The zero-order valence-corrected chi connectivity index (χ0v) is 17.0. The quantitative estimate of drug-likeness (QED) is 0.454. The van der Waals surface area contributed by atoms with Gasteiger partial charge in [0.2, 0.25) is 0 Å². The number of hydrogen-bond donors (Lipinski definition) is 0. The first-order valence-electron chi connectivity index (χ1n) is 9.52. The summed E-state index contributed by atoms with van der Waals surface area (Å²) >= 11 is 0. The van der Waals surface area contributed by atoms with Crippen molar-refractivity contribution in [2.75, 3.05) is 6.61 Å². The molecule has 0 heterocycles. The van der Waals surface area contributed by atoms with E-state index < -0.39 is 0 Å². The average molecular weight is 378 g/mol. The Morgan fingerprint density at radius 2 is 1.61 bits per heavy atom. The van der Waals surface area contributed by atoms with E-state index in [9.17, 15) is 4.39 Å². The number of halogens is 1. The molecule has 0 aliphatic carbocycles. The van der Waals surface area contributed by atoms with Crippen LogP contribution in [0.5, 0.6) is 11.5 Å². The van der Waals surface area contributed by atoms with Crippen molar-refractivity contribution in [2.45, 2.75) is 39.7 Å². The molecule has 28 heavy (non-hydrogen) atoms. The second-order valence-corrected chi connectivity index (χ2v) is 7.86. The number of rotatable bonds is 7. The molecule has 0 unspecified atom stereocenters. The SMILES string of the molecule is Cc1ccc(C(C)(C)COCc2ccc(F)c(Oc3ccccc3)c2)cc1C. The van der Waals surface area contributed by atoms with Gasteiger partial charge in [0, 0.05) is 5.41 Å². The van der Waals surface area contributed by atoms with Gasteiger partial charge in [-0.15, -0.1) is 0 Å². The van der Waals surface area contributed by atoms with Crippen LogP contribution in [0.15, 0.2) is 66.7 Å². The molecule has 0 spiro atoms. The van der Waals surface area contributed by atoms with Crippen molar-refractivity contribution in [3.05, 3.63) is 94.8 Å². The van der Waals surface area contributed by atoms with Crippen molar-refractivity contribution in [1.29, 1.82) is 0 Å². The van der Waals surface area contributed by atoms with E-state index in [0.29, 0.717) is 19.0 Å². The van der Waals surface area contributed by atoms with Gasteiger partial charge in [0.15, 0.2) is 11.6 Å². The Morgan fingerprint density at radius 1 is 0.857 bits per heavy atom. The Kier molecular flexibility index (Phi) is 6.15. The first-order chi connectivity index (χ1) is 13.3. The monoisotopic (exact) mass is 378 g/mol. The lowest BCUT2D eigenvalue weighted by molar-refractivity contribution is 0.0823. The summed E-state index contributed by atoms with van der Waals surface area (Å²) in [4.78, 5) is 0. The van der Waals surface area contributed by atoms with Gasteiger partial charge in [0.25, 0.3) is 0 Å². The number of aryl methyl sites for hydroxylation is 2. The molecular weight excluding hydrogens is 351 g/mol. The summed E-state index contributed by atoms with van der Waals surface area (Å²) in [5.41, 5.74) is 4.59. The minimum Gasteiger partial charge on any atom is -0.454 e. The summed E-state index contributed by atoms with van der Waals surface area (Å²) in [5.74, 6) is 0.430.